The summed E-state index contributed by atoms with van der Waals surface area (Å²) in [5.74, 6) is -0.388. The summed E-state index contributed by atoms with van der Waals surface area (Å²) in [7, 11) is 0. The molecular formula is C11H16N2O2. The van der Waals surface area contributed by atoms with Crippen molar-refractivity contribution in [2.45, 2.75) is 19.4 Å². The second-order valence-corrected chi connectivity index (χ2v) is 3.26. The van der Waals surface area contributed by atoms with E-state index >= 15 is 0 Å². The summed E-state index contributed by atoms with van der Waals surface area (Å²) in [5, 5.41) is 0. The topological polar surface area (TPSA) is 78.3 Å². The van der Waals surface area contributed by atoms with Crippen molar-refractivity contribution in [3.8, 4) is 0 Å². The third-order valence-corrected chi connectivity index (χ3v) is 2.08. The van der Waals surface area contributed by atoms with Crippen molar-refractivity contribution >= 4 is 11.7 Å². The zero-order valence-corrected chi connectivity index (χ0v) is 8.77. The fourth-order valence-corrected chi connectivity index (χ4v) is 1.29. The molecule has 0 saturated carbocycles. The minimum atomic E-state index is -0.644. The summed E-state index contributed by atoms with van der Waals surface area (Å²) in [5.41, 5.74) is 12.9. The molecule has 0 spiro atoms. The lowest BCUT2D eigenvalue weighted by molar-refractivity contribution is -0.144. The highest BCUT2D eigenvalue weighted by Gasteiger charge is 2.15. The van der Waals surface area contributed by atoms with Crippen LogP contribution >= 0.6 is 0 Å². The summed E-state index contributed by atoms with van der Waals surface area (Å²) >= 11 is 0. The molecule has 1 rings (SSSR count). The van der Waals surface area contributed by atoms with Gasteiger partial charge >= 0.3 is 5.97 Å². The zero-order valence-electron chi connectivity index (χ0n) is 8.77. The fourth-order valence-electron chi connectivity index (χ4n) is 1.29. The molecule has 4 nitrogen and oxygen atoms in total. The summed E-state index contributed by atoms with van der Waals surface area (Å²) < 4.78 is 4.81. The molecule has 4 heteroatoms. The highest BCUT2D eigenvalue weighted by atomic mass is 16.5. The number of anilines is 1. The smallest absolute Gasteiger partial charge is 0.323 e. The number of esters is 1. The van der Waals surface area contributed by atoms with Crippen LogP contribution in [0.15, 0.2) is 24.3 Å². The maximum absolute atomic E-state index is 11.3. The molecule has 0 aliphatic rings. The van der Waals surface area contributed by atoms with Gasteiger partial charge in [-0.3, -0.25) is 4.79 Å². The van der Waals surface area contributed by atoms with Crippen LogP contribution in [0.5, 0.6) is 0 Å². The summed E-state index contributed by atoms with van der Waals surface area (Å²) in [6.07, 6.45) is 0.408. The molecule has 1 aromatic rings. The van der Waals surface area contributed by atoms with Gasteiger partial charge in [0.1, 0.15) is 6.04 Å². The van der Waals surface area contributed by atoms with E-state index in [2.05, 4.69) is 0 Å². The molecule has 0 aromatic heterocycles. The van der Waals surface area contributed by atoms with Crippen LogP contribution in [-0.4, -0.2) is 18.6 Å². The molecule has 0 heterocycles. The number of rotatable bonds is 4. The molecule has 15 heavy (non-hydrogen) atoms. The lowest BCUT2D eigenvalue weighted by atomic mass is 10.1. The first kappa shape index (κ1) is 11.5. The molecule has 0 fully saturated rings. The van der Waals surface area contributed by atoms with E-state index < -0.39 is 6.04 Å². The molecule has 1 unspecified atom stereocenters. The van der Waals surface area contributed by atoms with Gasteiger partial charge in [0.25, 0.3) is 0 Å². The number of para-hydroxylation sites is 1. The van der Waals surface area contributed by atoms with Gasteiger partial charge in [-0.25, -0.2) is 0 Å². The van der Waals surface area contributed by atoms with Crippen molar-refractivity contribution in [3.05, 3.63) is 29.8 Å². The molecule has 0 saturated heterocycles. The third kappa shape index (κ3) is 3.25. The number of benzene rings is 1. The van der Waals surface area contributed by atoms with E-state index in [1.165, 1.54) is 0 Å². The van der Waals surface area contributed by atoms with Crippen LogP contribution in [0.3, 0.4) is 0 Å². The van der Waals surface area contributed by atoms with E-state index in [0.29, 0.717) is 18.7 Å². The Hall–Kier alpha value is -1.55. The van der Waals surface area contributed by atoms with Gasteiger partial charge in [0.15, 0.2) is 0 Å². The number of hydrogen-bond acceptors (Lipinski definition) is 4. The largest absolute Gasteiger partial charge is 0.465 e. The monoisotopic (exact) mass is 208 g/mol. The quantitative estimate of drug-likeness (QED) is 0.564. The second-order valence-electron chi connectivity index (χ2n) is 3.26. The zero-order chi connectivity index (χ0) is 11.3. The van der Waals surface area contributed by atoms with Crippen molar-refractivity contribution in [1.82, 2.24) is 0 Å². The molecule has 0 aliphatic carbocycles. The number of carbonyl (C=O) groups is 1. The van der Waals surface area contributed by atoms with Crippen molar-refractivity contribution < 1.29 is 9.53 Å². The van der Waals surface area contributed by atoms with Crippen molar-refractivity contribution in [1.29, 1.82) is 0 Å². The number of ether oxygens (including phenoxy) is 1. The number of nitrogen functional groups attached to an aromatic ring is 1. The lowest BCUT2D eigenvalue weighted by Gasteiger charge is -2.11. The van der Waals surface area contributed by atoms with E-state index in [1.807, 2.05) is 18.2 Å². The number of hydrogen-bond donors (Lipinski definition) is 2. The Labute approximate surface area is 89.2 Å². The first-order valence-electron chi connectivity index (χ1n) is 4.90. The number of carbonyl (C=O) groups excluding carboxylic acids is 1. The molecule has 0 radical (unpaired) electrons. The molecule has 0 amide bonds. The molecule has 1 aromatic carbocycles. The second kappa shape index (κ2) is 5.36. The van der Waals surface area contributed by atoms with Gasteiger partial charge in [-0.15, -0.1) is 0 Å². The Balaban J connectivity index is 2.62. The normalized spacial score (nSPS) is 12.1. The Morgan fingerprint density at radius 3 is 2.73 bits per heavy atom. The Morgan fingerprint density at radius 1 is 1.47 bits per heavy atom. The Morgan fingerprint density at radius 2 is 2.13 bits per heavy atom. The van der Waals surface area contributed by atoms with Crippen LogP contribution in [-0.2, 0) is 16.0 Å². The van der Waals surface area contributed by atoms with Gasteiger partial charge in [-0.1, -0.05) is 18.2 Å². The molecule has 4 N–H and O–H groups in total. The SMILES string of the molecule is CCOC(=O)C(N)Cc1ccccc1N. The van der Waals surface area contributed by atoms with Crippen LogP contribution in [0.1, 0.15) is 12.5 Å². The van der Waals surface area contributed by atoms with E-state index in [1.54, 1.807) is 13.0 Å². The molecule has 1 atom stereocenters. The molecule has 0 aliphatic heterocycles. The third-order valence-electron chi connectivity index (χ3n) is 2.08. The van der Waals surface area contributed by atoms with Gasteiger partial charge in [0.2, 0.25) is 0 Å². The predicted octanol–water partition coefficient (Wildman–Crippen LogP) is 0.702. The first-order chi connectivity index (χ1) is 7.15. The van der Waals surface area contributed by atoms with Gasteiger partial charge in [0.05, 0.1) is 6.61 Å². The Bertz CT molecular complexity index is 339. The summed E-state index contributed by atoms with van der Waals surface area (Å²) in [6.45, 7) is 2.10. The van der Waals surface area contributed by atoms with Gasteiger partial charge < -0.3 is 16.2 Å². The maximum atomic E-state index is 11.3. The van der Waals surface area contributed by atoms with E-state index in [9.17, 15) is 4.79 Å². The fraction of sp³-hybridized carbons (Fsp3) is 0.364. The number of nitrogens with two attached hydrogens (primary N) is 2. The van der Waals surface area contributed by atoms with Crippen LogP contribution in [0.2, 0.25) is 0 Å². The van der Waals surface area contributed by atoms with Gasteiger partial charge in [-0.2, -0.15) is 0 Å². The van der Waals surface area contributed by atoms with E-state index in [0.717, 1.165) is 5.56 Å². The standard InChI is InChI=1S/C11H16N2O2/c1-2-15-11(14)10(13)7-8-5-3-4-6-9(8)12/h3-6,10H,2,7,12-13H2,1H3. The summed E-state index contributed by atoms with van der Waals surface area (Å²) in [6, 6.07) is 6.70. The van der Waals surface area contributed by atoms with Gasteiger partial charge in [-0.05, 0) is 18.6 Å². The minimum Gasteiger partial charge on any atom is -0.465 e. The van der Waals surface area contributed by atoms with Crippen LogP contribution < -0.4 is 11.5 Å². The van der Waals surface area contributed by atoms with Crippen LogP contribution in [0.25, 0.3) is 0 Å². The minimum absolute atomic E-state index is 0.344. The predicted molar refractivity (Wildman–Crippen MR) is 59.2 cm³/mol. The van der Waals surface area contributed by atoms with Crippen molar-refractivity contribution in [2.24, 2.45) is 5.73 Å². The average molecular weight is 208 g/mol. The molecule has 0 bridgehead atoms. The van der Waals surface area contributed by atoms with Crippen molar-refractivity contribution in [3.63, 3.8) is 0 Å². The molecule has 82 valence electrons. The first-order valence-corrected chi connectivity index (χ1v) is 4.90. The summed E-state index contributed by atoms with van der Waals surface area (Å²) in [4.78, 5) is 11.3. The molecular weight excluding hydrogens is 192 g/mol. The Kier molecular flexibility index (Phi) is 4.12. The average Bonchev–Trinajstić information content (AvgIpc) is 2.21. The van der Waals surface area contributed by atoms with E-state index in [4.69, 9.17) is 16.2 Å². The van der Waals surface area contributed by atoms with Crippen LogP contribution in [0.4, 0.5) is 5.69 Å². The van der Waals surface area contributed by atoms with Crippen LogP contribution in [0, 0.1) is 0 Å². The lowest BCUT2D eigenvalue weighted by Crippen LogP contribution is -2.34. The maximum Gasteiger partial charge on any atom is 0.323 e. The van der Waals surface area contributed by atoms with Gasteiger partial charge in [0, 0.05) is 12.1 Å². The highest BCUT2D eigenvalue weighted by molar-refractivity contribution is 5.76. The highest BCUT2D eigenvalue weighted by Crippen LogP contribution is 2.12. The van der Waals surface area contributed by atoms with E-state index in [-0.39, 0.29) is 5.97 Å². The van der Waals surface area contributed by atoms with Crippen molar-refractivity contribution in [2.75, 3.05) is 12.3 Å².